The Labute approximate surface area is 222 Å². The number of hydrogen-bond acceptors (Lipinski definition) is 4. The molecule has 0 aliphatic carbocycles. The van der Waals surface area contributed by atoms with Crippen LogP contribution in [0.3, 0.4) is 0 Å². The molecule has 0 radical (unpaired) electrons. The fourth-order valence-electron chi connectivity index (χ4n) is 5.41. The van der Waals surface area contributed by atoms with Crippen LogP contribution in [0.1, 0.15) is 28.8 Å². The van der Waals surface area contributed by atoms with Crippen molar-refractivity contribution in [2.45, 2.75) is 24.9 Å². The van der Waals surface area contributed by atoms with Crippen LogP contribution in [0.5, 0.6) is 0 Å². The smallest absolute Gasteiger partial charge is 0.253 e. The summed E-state index contributed by atoms with van der Waals surface area (Å²) in [5, 5.41) is 0. The lowest BCUT2D eigenvalue weighted by Gasteiger charge is -2.43. The van der Waals surface area contributed by atoms with Gasteiger partial charge in [-0.25, -0.2) is 4.39 Å². The summed E-state index contributed by atoms with van der Waals surface area (Å²) >= 11 is 0. The first kappa shape index (κ1) is 25.4. The van der Waals surface area contributed by atoms with E-state index in [0.29, 0.717) is 44.7 Å². The van der Waals surface area contributed by atoms with Crippen molar-refractivity contribution >= 4 is 23.4 Å². The zero-order valence-corrected chi connectivity index (χ0v) is 21.4. The van der Waals surface area contributed by atoms with Gasteiger partial charge in [-0.3, -0.25) is 14.4 Å². The maximum absolute atomic E-state index is 13.9. The second-order valence-corrected chi connectivity index (χ2v) is 9.97. The van der Waals surface area contributed by atoms with Crippen molar-refractivity contribution in [3.8, 4) is 0 Å². The number of carbonyl (C=O) groups is 3. The Bertz CT molecular complexity index is 1290. The van der Waals surface area contributed by atoms with E-state index in [2.05, 4.69) is 4.90 Å². The molecule has 2 aliphatic heterocycles. The number of rotatable bonds is 6. The number of para-hydroxylation sites is 1. The molecule has 0 unspecified atom stereocenters. The SMILES string of the molecule is CN(Cc1ccccc1)C(=O)CN1CN(c2ccccc2)C2(CCN(C(=O)c3ccc(F)cc3)CC2)C1=O. The van der Waals surface area contributed by atoms with Crippen LogP contribution in [-0.2, 0) is 16.1 Å². The molecule has 0 N–H and O–H groups in total. The molecule has 1 spiro atoms. The second-order valence-electron chi connectivity index (χ2n) is 9.97. The lowest BCUT2D eigenvalue weighted by atomic mass is 9.85. The van der Waals surface area contributed by atoms with Gasteiger partial charge in [-0.05, 0) is 54.8 Å². The number of benzene rings is 3. The van der Waals surface area contributed by atoms with E-state index in [1.807, 2.05) is 60.7 Å². The van der Waals surface area contributed by atoms with Crippen LogP contribution < -0.4 is 4.90 Å². The monoisotopic (exact) mass is 514 g/mol. The van der Waals surface area contributed by atoms with Crippen LogP contribution >= 0.6 is 0 Å². The van der Waals surface area contributed by atoms with Gasteiger partial charge in [-0.2, -0.15) is 0 Å². The van der Waals surface area contributed by atoms with Crippen LogP contribution in [0.25, 0.3) is 0 Å². The number of likely N-dealkylation sites (N-methyl/N-ethyl adjacent to an activating group) is 1. The highest BCUT2D eigenvalue weighted by Crippen LogP contribution is 2.39. The maximum atomic E-state index is 13.9. The third-order valence-corrected chi connectivity index (χ3v) is 7.57. The Morgan fingerprint density at radius 2 is 1.50 bits per heavy atom. The van der Waals surface area contributed by atoms with Crippen molar-refractivity contribution in [3.63, 3.8) is 0 Å². The Kier molecular flexibility index (Phi) is 7.13. The van der Waals surface area contributed by atoms with Crippen LogP contribution in [-0.4, -0.2) is 71.3 Å². The summed E-state index contributed by atoms with van der Waals surface area (Å²) in [7, 11) is 1.75. The number of halogens is 1. The molecular weight excluding hydrogens is 483 g/mol. The summed E-state index contributed by atoms with van der Waals surface area (Å²) < 4.78 is 13.3. The Hall–Kier alpha value is -4.20. The summed E-state index contributed by atoms with van der Waals surface area (Å²) in [5.74, 6) is -0.780. The molecule has 0 atom stereocenters. The number of anilines is 1. The molecule has 38 heavy (non-hydrogen) atoms. The highest BCUT2D eigenvalue weighted by Gasteiger charge is 2.54. The molecule has 0 saturated carbocycles. The predicted octanol–water partition coefficient (Wildman–Crippen LogP) is 3.77. The lowest BCUT2D eigenvalue weighted by Crippen LogP contribution is -2.57. The van der Waals surface area contributed by atoms with Gasteiger partial charge in [-0.15, -0.1) is 0 Å². The molecule has 7 nitrogen and oxygen atoms in total. The number of hydrogen-bond donors (Lipinski definition) is 0. The minimum Gasteiger partial charge on any atom is -0.340 e. The maximum Gasteiger partial charge on any atom is 0.253 e. The van der Waals surface area contributed by atoms with Gasteiger partial charge in [0.05, 0.1) is 6.67 Å². The minimum absolute atomic E-state index is 0.00846. The van der Waals surface area contributed by atoms with Crippen molar-refractivity contribution in [1.82, 2.24) is 14.7 Å². The van der Waals surface area contributed by atoms with E-state index in [4.69, 9.17) is 0 Å². The summed E-state index contributed by atoms with van der Waals surface area (Å²) in [6, 6.07) is 25.0. The topological polar surface area (TPSA) is 64.2 Å². The largest absolute Gasteiger partial charge is 0.340 e. The molecule has 0 aromatic heterocycles. The molecule has 0 bridgehead atoms. The van der Waals surface area contributed by atoms with Crippen LogP contribution in [0.2, 0.25) is 0 Å². The Morgan fingerprint density at radius 1 is 0.895 bits per heavy atom. The highest BCUT2D eigenvalue weighted by molar-refractivity contribution is 5.97. The van der Waals surface area contributed by atoms with E-state index < -0.39 is 11.4 Å². The van der Waals surface area contributed by atoms with Gasteiger partial charge in [0.25, 0.3) is 11.8 Å². The number of amides is 3. The van der Waals surface area contributed by atoms with Crippen molar-refractivity contribution < 1.29 is 18.8 Å². The number of carbonyl (C=O) groups excluding carboxylic acids is 3. The first-order valence-electron chi connectivity index (χ1n) is 12.8. The van der Waals surface area contributed by atoms with Crippen LogP contribution in [0, 0.1) is 5.82 Å². The van der Waals surface area contributed by atoms with E-state index in [1.165, 1.54) is 24.3 Å². The molecule has 196 valence electrons. The van der Waals surface area contributed by atoms with E-state index in [0.717, 1.165) is 11.3 Å². The number of nitrogens with zero attached hydrogens (tertiary/aromatic N) is 4. The summed E-state index contributed by atoms with van der Waals surface area (Å²) in [6.07, 6.45) is 0.885. The van der Waals surface area contributed by atoms with E-state index in [1.54, 1.807) is 21.7 Å². The van der Waals surface area contributed by atoms with Crippen molar-refractivity contribution in [2.75, 3.05) is 38.3 Å². The van der Waals surface area contributed by atoms with Crippen molar-refractivity contribution in [1.29, 1.82) is 0 Å². The summed E-state index contributed by atoms with van der Waals surface area (Å²) in [6.45, 7) is 1.54. The molecule has 3 amide bonds. The molecule has 2 aliphatic rings. The van der Waals surface area contributed by atoms with E-state index in [-0.39, 0.29) is 24.3 Å². The third-order valence-electron chi connectivity index (χ3n) is 7.57. The Morgan fingerprint density at radius 3 is 2.13 bits per heavy atom. The summed E-state index contributed by atoms with van der Waals surface area (Å²) in [4.78, 5) is 47.2. The van der Waals surface area contributed by atoms with E-state index >= 15 is 0 Å². The molecule has 3 aromatic rings. The van der Waals surface area contributed by atoms with E-state index in [9.17, 15) is 18.8 Å². The van der Waals surface area contributed by atoms with Crippen LogP contribution in [0.15, 0.2) is 84.9 Å². The average Bonchev–Trinajstić information content (AvgIpc) is 3.20. The predicted molar refractivity (Wildman–Crippen MR) is 143 cm³/mol. The summed E-state index contributed by atoms with van der Waals surface area (Å²) in [5.41, 5.74) is 1.52. The molecule has 5 rings (SSSR count). The van der Waals surface area contributed by atoms with Gasteiger partial charge in [0.15, 0.2) is 0 Å². The molecular formula is C30H31FN4O3. The third kappa shape index (κ3) is 4.98. The molecule has 8 heteroatoms. The molecule has 2 heterocycles. The quantitative estimate of drug-likeness (QED) is 0.503. The second kappa shape index (κ2) is 10.7. The number of likely N-dealkylation sites (tertiary alicyclic amines) is 1. The van der Waals surface area contributed by atoms with Gasteiger partial charge in [0.1, 0.15) is 17.9 Å². The average molecular weight is 515 g/mol. The van der Waals surface area contributed by atoms with Crippen molar-refractivity contribution in [3.05, 3.63) is 102 Å². The zero-order chi connectivity index (χ0) is 26.7. The molecule has 3 aromatic carbocycles. The lowest BCUT2D eigenvalue weighted by molar-refractivity contribution is -0.140. The fraction of sp³-hybridized carbons (Fsp3) is 0.300. The first-order chi connectivity index (χ1) is 18.4. The van der Waals surface area contributed by atoms with Gasteiger partial charge < -0.3 is 19.6 Å². The zero-order valence-electron chi connectivity index (χ0n) is 21.4. The minimum atomic E-state index is -0.834. The first-order valence-corrected chi connectivity index (χ1v) is 12.8. The van der Waals surface area contributed by atoms with Crippen LogP contribution in [0.4, 0.5) is 10.1 Å². The standard InChI is InChI=1S/C30H31FN4O3/c1-32(20-23-8-4-2-5-9-23)27(36)21-34-22-35(26-10-6-3-7-11-26)30(29(34)38)16-18-33(19-17-30)28(37)24-12-14-25(31)15-13-24/h2-15H,16-22H2,1H3. The van der Waals surface area contributed by atoms with Gasteiger partial charge in [0.2, 0.25) is 5.91 Å². The number of piperidine rings is 1. The van der Waals surface area contributed by atoms with Crippen molar-refractivity contribution in [2.24, 2.45) is 0 Å². The highest BCUT2D eigenvalue weighted by atomic mass is 19.1. The van der Waals surface area contributed by atoms with Gasteiger partial charge >= 0.3 is 0 Å². The molecule has 2 fully saturated rings. The normalized spacial score (nSPS) is 16.7. The fourth-order valence-corrected chi connectivity index (χ4v) is 5.41. The molecule has 2 saturated heterocycles. The van der Waals surface area contributed by atoms with Gasteiger partial charge in [0, 0.05) is 37.9 Å². The Balaban J connectivity index is 1.32. The van der Waals surface area contributed by atoms with Gasteiger partial charge in [-0.1, -0.05) is 48.5 Å².